The van der Waals surface area contributed by atoms with E-state index in [0.717, 1.165) is 18.5 Å². The van der Waals surface area contributed by atoms with Gasteiger partial charge in [0.05, 0.1) is 0 Å². The summed E-state index contributed by atoms with van der Waals surface area (Å²) in [5.74, 6) is -0.771. The van der Waals surface area contributed by atoms with E-state index in [1.54, 1.807) is 10.9 Å². The fraction of sp³-hybridized carbons (Fsp3) is 0.636. The second kappa shape index (κ2) is 6.27. The maximum Gasteiger partial charge on any atom is 0.320 e. The zero-order valence-electron chi connectivity index (χ0n) is 9.81. The lowest BCUT2D eigenvalue weighted by molar-refractivity contribution is -0.139. The lowest BCUT2D eigenvalue weighted by Gasteiger charge is -2.13. The molecule has 0 saturated carbocycles. The van der Waals surface area contributed by atoms with E-state index in [4.69, 9.17) is 5.11 Å². The van der Waals surface area contributed by atoms with Crippen molar-refractivity contribution in [2.45, 2.75) is 32.2 Å². The molecule has 1 aromatic heterocycles. The largest absolute Gasteiger partial charge is 0.480 e. The number of aryl methyl sites for hydroxylation is 1. The molecular formula is C11H19N3O2. The molecule has 0 aliphatic carbocycles. The zero-order chi connectivity index (χ0) is 12.0. The van der Waals surface area contributed by atoms with Gasteiger partial charge in [0.1, 0.15) is 6.04 Å². The molecule has 90 valence electrons. The Morgan fingerprint density at radius 1 is 1.69 bits per heavy atom. The molecule has 0 aliphatic heterocycles. The van der Waals surface area contributed by atoms with Crippen LogP contribution in [0.3, 0.4) is 0 Å². The van der Waals surface area contributed by atoms with Crippen LogP contribution in [-0.2, 0) is 18.3 Å². The van der Waals surface area contributed by atoms with Crippen LogP contribution in [0.5, 0.6) is 0 Å². The molecule has 0 spiro atoms. The quantitative estimate of drug-likeness (QED) is 0.720. The number of aliphatic carboxylic acids is 1. The molecule has 2 N–H and O–H groups in total. The van der Waals surface area contributed by atoms with Gasteiger partial charge in [-0.25, -0.2) is 0 Å². The van der Waals surface area contributed by atoms with Gasteiger partial charge in [0.2, 0.25) is 0 Å². The maximum absolute atomic E-state index is 10.9. The molecular weight excluding hydrogens is 206 g/mol. The third-order valence-corrected chi connectivity index (χ3v) is 2.57. The number of carboxylic acids is 1. The molecule has 1 rings (SSSR count). The van der Waals surface area contributed by atoms with Gasteiger partial charge in [-0.05, 0) is 12.5 Å². The fourth-order valence-corrected chi connectivity index (χ4v) is 1.62. The van der Waals surface area contributed by atoms with Gasteiger partial charge in [-0.15, -0.1) is 0 Å². The average molecular weight is 225 g/mol. The number of hydrogen-bond donors (Lipinski definition) is 2. The summed E-state index contributed by atoms with van der Waals surface area (Å²) in [4.78, 5) is 10.9. The van der Waals surface area contributed by atoms with Gasteiger partial charge >= 0.3 is 5.97 Å². The highest BCUT2D eigenvalue weighted by atomic mass is 16.4. The van der Waals surface area contributed by atoms with E-state index in [1.807, 2.05) is 20.0 Å². The van der Waals surface area contributed by atoms with Crippen LogP contribution in [0.2, 0.25) is 0 Å². The number of rotatable bonds is 7. The Morgan fingerprint density at radius 2 is 2.44 bits per heavy atom. The minimum absolute atomic E-state index is 0.432. The van der Waals surface area contributed by atoms with Crippen molar-refractivity contribution >= 4 is 5.97 Å². The molecule has 0 saturated heterocycles. The smallest absolute Gasteiger partial charge is 0.320 e. The van der Waals surface area contributed by atoms with Gasteiger partial charge in [0.15, 0.2) is 0 Å². The summed E-state index contributed by atoms with van der Waals surface area (Å²) >= 11 is 0. The summed E-state index contributed by atoms with van der Waals surface area (Å²) in [7, 11) is 1.88. The summed E-state index contributed by atoms with van der Waals surface area (Å²) < 4.78 is 1.80. The van der Waals surface area contributed by atoms with Gasteiger partial charge < -0.3 is 10.4 Å². The van der Waals surface area contributed by atoms with Crippen LogP contribution in [-0.4, -0.2) is 33.4 Å². The van der Waals surface area contributed by atoms with Gasteiger partial charge in [-0.2, -0.15) is 5.10 Å². The highest BCUT2D eigenvalue weighted by Gasteiger charge is 2.14. The molecule has 0 amide bonds. The van der Waals surface area contributed by atoms with Crippen molar-refractivity contribution in [1.82, 2.24) is 15.1 Å². The molecule has 5 nitrogen and oxygen atoms in total. The average Bonchev–Trinajstić information content (AvgIpc) is 2.63. The summed E-state index contributed by atoms with van der Waals surface area (Å²) in [5.41, 5.74) is 1.10. The normalized spacial score (nSPS) is 12.6. The van der Waals surface area contributed by atoms with Crippen molar-refractivity contribution in [3.8, 4) is 0 Å². The standard InChI is InChI=1S/C11H19N3O2/c1-3-4-10(11(15)16)12-7-5-9-6-8-13-14(9)2/h6,8,10,12H,3-5,7H2,1-2H3,(H,15,16). The maximum atomic E-state index is 10.9. The number of hydrogen-bond acceptors (Lipinski definition) is 3. The molecule has 16 heavy (non-hydrogen) atoms. The van der Waals surface area contributed by atoms with Crippen LogP contribution in [0.15, 0.2) is 12.3 Å². The number of nitrogens with one attached hydrogen (secondary N) is 1. The van der Waals surface area contributed by atoms with Crippen molar-refractivity contribution in [1.29, 1.82) is 0 Å². The first-order chi connectivity index (χ1) is 7.65. The lowest BCUT2D eigenvalue weighted by atomic mass is 10.1. The van der Waals surface area contributed by atoms with E-state index < -0.39 is 12.0 Å². The Labute approximate surface area is 95.5 Å². The SMILES string of the molecule is CCCC(NCCc1ccnn1C)C(=O)O. The lowest BCUT2D eigenvalue weighted by Crippen LogP contribution is -2.37. The van der Waals surface area contributed by atoms with Crippen molar-refractivity contribution < 1.29 is 9.90 Å². The Morgan fingerprint density at radius 3 is 2.94 bits per heavy atom. The molecule has 1 heterocycles. The molecule has 5 heteroatoms. The molecule has 0 aliphatic rings. The first kappa shape index (κ1) is 12.7. The van der Waals surface area contributed by atoms with Crippen molar-refractivity contribution in [2.24, 2.45) is 7.05 Å². The van der Waals surface area contributed by atoms with E-state index in [0.29, 0.717) is 13.0 Å². The van der Waals surface area contributed by atoms with Crippen LogP contribution >= 0.6 is 0 Å². The molecule has 0 aromatic carbocycles. The summed E-state index contributed by atoms with van der Waals surface area (Å²) in [6.45, 7) is 2.65. The summed E-state index contributed by atoms with van der Waals surface area (Å²) in [6, 6.07) is 1.51. The van der Waals surface area contributed by atoms with Crippen molar-refractivity contribution in [3.63, 3.8) is 0 Å². The topological polar surface area (TPSA) is 67.2 Å². The molecule has 0 radical (unpaired) electrons. The van der Waals surface area contributed by atoms with E-state index in [-0.39, 0.29) is 0 Å². The Kier molecular flexibility index (Phi) is 4.98. The van der Waals surface area contributed by atoms with E-state index in [1.165, 1.54) is 0 Å². The molecule has 1 unspecified atom stereocenters. The second-order valence-corrected chi connectivity index (χ2v) is 3.83. The van der Waals surface area contributed by atoms with E-state index in [9.17, 15) is 4.79 Å². The van der Waals surface area contributed by atoms with Gasteiger partial charge in [0, 0.05) is 31.9 Å². The molecule has 1 atom stereocenters. The van der Waals surface area contributed by atoms with Crippen LogP contribution in [0, 0.1) is 0 Å². The predicted molar refractivity (Wildman–Crippen MR) is 61.2 cm³/mol. The van der Waals surface area contributed by atoms with Crippen LogP contribution in [0.1, 0.15) is 25.5 Å². The summed E-state index contributed by atoms with van der Waals surface area (Å²) in [5, 5.41) is 16.0. The number of nitrogens with zero attached hydrogens (tertiary/aromatic N) is 2. The van der Waals surface area contributed by atoms with Gasteiger partial charge in [0.25, 0.3) is 0 Å². The van der Waals surface area contributed by atoms with Crippen molar-refractivity contribution in [2.75, 3.05) is 6.54 Å². The minimum Gasteiger partial charge on any atom is -0.480 e. The number of carbonyl (C=O) groups is 1. The zero-order valence-corrected chi connectivity index (χ0v) is 9.81. The Balaban J connectivity index is 2.33. The third kappa shape index (κ3) is 3.66. The van der Waals surface area contributed by atoms with Gasteiger partial charge in [-0.3, -0.25) is 9.48 Å². The molecule has 1 aromatic rings. The van der Waals surface area contributed by atoms with E-state index in [2.05, 4.69) is 10.4 Å². The van der Waals surface area contributed by atoms with Crippen LogP contribution in [0.4, 0.5) is 0 Å². The van der Waals surface area contributed by atoms with Crippen LogP contribution in [0.25, 0.3) is 0 Å². The molecule has 0 fully saturated rings. The minimum atomic E-state index is -0.771. The predicted octanol–water partition coefficient (Wildman–Crippen LogP) is 0.805. The summed E-state index contributed by atoms with van der Waals surface area (Å²) in [6.07, 6.45) is 4.08. The van der Waals surface area contributed by atoms with Gasteiger partial charge in [-0.1, -0.05) is 13.3 Å². The van der Waals surface area contributed by atoms with E-state index >= 15 is 0 Å². The number of aromatic nitrogens is 2. The third-order valence-electron chi connectivity index (χ3n) is 2.57. The fourth-order valence-electron chi connectivity index (χ4n) is 1.62. The Bertz CT molecular complexity index is 336. The highest BCUT2D eigenvalue weighted by Crippen LogP contribution is 1.99. The Hall–Kier alpha value is -1.36. The highest BCUT2D eigenvalue weighted by molar-refractivity contribution is 5.73. The number of carboxylic acid groups (broad SMARTS) is 1. The van der Waals surface area contributed by atoms with Crippen molar-refractivity contribution in [3.05, 3.63) is 18.0 Å². The first-order valence-corrected chi connectivity index (χ1v) is 5.58. The van der Waals surface area contributed by atoms with Crippen LogP contribution < -0.4 is 5.32 Å². The first-order valence-electron chi connectivity index (χ1n) is 5.58. The molecule has 0 bridgehead atoms. The second-order valence-electron chi connectivity index (χ2n) is 3.83. The monoisotopic (exact) mass is 225 g/mol.